The number of ketones is 1. The van der Waals surface area contributed by atoms with E-state index >= 15 is 0 Å². The summed E-state index contributed by atoms with van der Waals surface area (Å²) >= 11 is 0. The van der Waals surface area contributed by atoms with Crippen molar-refractivity contribution in [2.45, 2.75) is 106 Å². The van der Waals surface area contributed by atoms with Crippen LogP contribution >= 0.6 is 0 Å². The van der Waals surface area contributed by atoms with E-state index in [0.717, 1.165) is 40.7 Å². The molecule has 0 unspecified atom stereocenters. The van der Waals surface area contributed by atoms with Crippen LogP contribution in [0.4, 0.5) is 0 Å². The van der Waals surface area contributed by atoms with E-state index in [2.05, 4.69) is 116 Å². The average Bonchev–Trinajstić information content (AvgIpc) is 3.31. The summed E-state index contributed by atoms with van der Waals surface area (Å²) in [5.74, 6) is 6.80. The topological polar surface area (TPSA) is 46.5 Å². The largest absolute Gasteiger partial charge is 0.393 e. The number of hydrogen-bond donors (Lipinski definition) is 1. The zero-order valence-electron chi connectivity index (χ0n) is 28.0. The molecule has 0 saturated carbocycles. The summed E-state index contributed by atoms with van der Waals surface area (Å²) in [7, 11) is 0. The van der Waals surface area contributed by atoms with Crippen molar-refractivity contribution >= 4 is 5.78 Å². The number of rotatable bonds is 8. The molecule has 0 aromatic carbocycles. The molecule has 2 fully saturated rings. The van der Waals surface area contributed by atoms with Crippen molar-refractivity contribution in [3.63, 3.8) is 0 Å². The summed E-state index contributed by atoms with van der Waals surface area (Å²) < 4.78 is 6.22. The van der Waals surface area contributed by atoms with E-state index < -0.39 is 5.60 Å². The lowest BCUT2D eigenvalue weighted by Gasteiger charge is -2.40. The monoisotopic (exact) mass is 580 g/mol. The molecule has 3 rings (SSSR count). The fourth-order valence-electron chi connectivity index (χ4n) is 6.61. The Bertz CT molecular complexity index is 1420. The van der Waals surface area contributed by atoms with E-state index in [1.54, 1.807) is 0 Å². The van der Waals surface area contributed by atoms with Gasteiger partial charge in [0, 0.05) is 16.4 Å². The smallest absolute Gasteiger partial charge is 0.167 e. The highest BCUT2D eigenvalue weighted by Crippen LogP contribution is 2.57. The van der Waals surface area contributed by atoms with Gasteiger partial charge in [-0.2, -0.15) is 0 Å². The first-order valence-electron chi connectivity index (χ1n) is 15.6. The Balaban J connectivity index is 1.52. The Morgan fingerprint density at radius 2 is 1.42 bits per heavy atom. The van der Waals surface area contributed by atoms with Crippen molar-refractivity contribution in [2.24, 2.45) is 16.7 Å². The molecule has 1 N–H and O–H groups in total. The SMILES string of the molecule is CC1=C(C#C/C(C)=C/C=C/C(C)=C/C=C/C=C(C)/C=C/C=C(C)/C=C/[C@@]23O[C@@H](CC2(C)C)C(=O)[C@@H]3C)C(C)(C)C[C@@H](O)C1. The van der Waals surface area contributed by atoms with Gasteiger partial charge in [0.25, 0.3) is 0 Å². The maximum absolute atomic E-state index is 12.5. The van der Waals surface area contributed by atoms with Gasteiger partial charge in [-0.05, 0) is 59.5 Å². The maximum atomic E-state index is 12.5. The Morgan fingerprint density at radius 1 is 0.860 bits per heavy atom. The number of carbonyl (C=O) groups excluding carboxylic acids is 1. The molecule has 0 radical (unpaired) electrons. The van der Waals surface area contributed by atoms with Gasteiger partial charge in [-0.3, -0.25) is 4.79 Å². The number of aliphatic hydroxyl groups is 1. The van der Waals surface area contributed by atoms with Gasteiger partial charge in [0.15, 0.2) is 5.78 Å². The Kier molecular flexibility index (Phi) is 11.2. The van der Waals surface area contributed by atoms with E-state index in [1.165, 1.54) is 5.57 Å². The van der Waals surface area contributed by atoms with Crippen LogP contribution in [0.3, 0.4) is 0 Å². The van der Waals surface area contributed by atoms with Crippen molar-refractivity contribution in [1.29, 1.82) is 0 Å². The van der Waals surface area contributed by atoms with Crippen LogP contribution < -0.4 is 0 Å². The molecule has 230 valence electrons. The molecule has 3 aliphatic rings. The molecule has 43 heavy (non-hydrogen) atoms. The molecule has 4 atom stereocenters. The molecular weight excluding hydrogens is 528 g/mol. The fourth-order valence-corrected chi connectivity index (χ4v) is 6.61. The third kappa shape index (κ3) is 8.47. The molecule has 0 spiro atoms. The van der Waals surface area contributed by atoms with E-state index in [0.29, 0.717) is 6.42 Å². The summed E-state index contributed by atoms with van der Waals surface area (Å²) in [6, 6.07) is 0. The van der Waals surface area contributed by atoms with Gasteiger partial charge >= 0.3 is 0 Å². The molecule has 2 aliphatic heterocycles. The van der Waals surface area contributed by atoms with E-state index in [4.69, 9.17) is 4.74 Å². The van der Waals surface area contributed by atoms with Crippen molar-refractivity contribution in [3.05, 3.63) is 106 Å². The fraction of sp³-hybridized carbons (Fsp3) is 0.475. The lowest BCUT2D eigenvalue weighted by molar-refractivity contribution is -0.125. The zero-order valence-corrected chi connectivity index (χ0v) is 28.0. The average molecular weight is 581 g/mol. The van der Waals surface area contributed by atoms with Crippen LogP contribution in [0.25, 0.3) is 0 Å². The van der Waals surface area contributed by atoms with Gasteiger partial charge in [-0.25, -0.2) is 0 Å². The first-order valence-corrected chi connectivity index (χ1v) is 15.6. The summed E-state index contributed by atoms with van der Waals surface area (Å²) in [6.45, 7) is 21.1. The highest BCUT2D eigenvalue weighted by atomic mass is 16.5. The van der Waals surface area contributed by atoms with Gasteiger partial charge < -0.3 is 9.84 Å². The normalized spacial score (nSPS) is 30.0. The van der Waals surface area contributed by atoms with Crippen molar-refractivity contribution in [1.82, 2.24) is 0 Å². The number of ether oxygens (including phenoxy) is 1. The number of allylic oxidation sites excluding steroid dienone is 16. The lowest BCUT2D eigenvalue weighted by Crippen LogP contribution is -2.47. The molecule has 2 bridgehead atoms. The molecule has 0 aromatic rings. The first kappa shape index (κ1) is 34.3. The van der Waals surface area contributed by atoms with Crippen molar-refractivity contribution in [3.8, 4) is 11.8 Å². The van der Waals surface area contributed by atoms with Crippen molar-refractivity contribution < 1.29 is 14.6 Å². The van der Waals surface area contributed by atoms with Crippen LogP contribution in [0.5, 0.6) is 0 Å². The van der Waals surface area contributed by atoms with Crippen molar-refractivity contribution in [2.75, 3.05) is 0 Å². The number of carbonyl (C=O) groups is 1. The molecular formula is C40H52O3. The van der Waals surface area contributed by atoms with Crippen LogP contribution in [0, 0.1) is 28.6 Å². The van der Waals surface area contributed by atoms with Gasteiger partial charge in [-0.1, -0.05) is 142 Å². The van der Waals surface area contributed by atoms with E-state index in [1.807, 2.05) is 38.2 Å². The van der Waals surface area contributed by atoms with Crippen LogP contribution in [0.2, 0.25) is 0 Å². The second-order valence-electron chi connectivity index (χ2n) is 14.0. The van der Waals surface area contributed by atoms with Gasteiger partial charge in [0.1, 0.15) is 11.7 Å². The van der Waals surface area contributed by atoms with Gasteiger partial charge in [-0.15, -0.1) is 0 Å². The number of fused-ring (bicyclic) bond motifs is 2. The quantitative estimate of drug-likeness (QED) is 0.230. The predicted molar refractivity (Wildman–Crippen MR) is 181 cm³/mol. The van der Waals surface area contributed by atoms with Crippen LogP contribution in [-0.2, 0) is 9.53 Å². The summed E-state index contributed by atoms with van der Waals surface area (Å²) in [5.41, 5.74) is 6.16. The highest BCUT2D eigenvalue weighted by Gasteiger charge is 2.65. The second kappa shape index (κ2) is 14.1. The Labute approximate surface area is 261 Å². The minimum absolute atomic E-state index is 0.0495. The lowest BCUT2D eigenvalue weighted by atomic mass is 9.62. The first-order chi connectivity index (χ1) is 20.1. The minimum Gasteiger partial charge on any atom is -0.393 e. The predicted octanol–water partition coefficient (Wildman–Crippen LogP) is 9.27. The molecule has 3 nitrogen and oxygen atoms in total. The highest BCUT2D eigenvalue weighted by molar-refractivity contribution is 5.90. The molecule has 1 aliphatic carbocycles. The standard InChI is InChI=1S/C40H52O3/c1-28(17-13-19-30(3)21-22-35-32(5)25-34(41)26-38(35,7)8)15-11-12-16-29(2)18-14-20-31(4)23-24-40-33(6)37(42)36(43-40)27-39(40,9)10/h11-20,23-24,33-34,36,41H,25-27H2,1-10H3/b12-11+,17-13+,18-14+,24-23+,28-15+,29-16+,30-19+,31-20+/t33-,34-,36-,40-/m0/s1. The molecule has 2 heterocycles. The van der Waals surface area contributed by atoms with Gasteiger partial charge in [0.2, 0.25) is 0 Å². The summed E-state index contributed by atoms with van der Waals surface area (Å²) in [5, 5.41) is 10.1. The van der Waals surface area contributed by atoms with Crippen LogP contribution in [-0.4, -0.2) is 28.7 Å². The number of Topliss-reactive ketones (excluding diaryl/α,β-unsaturated/α-hetero) is 1. The molecule has 2 saturated heterocycles. The third-order valence-corrected chi connectivity index (χ3v) is 9.10. The van der Waals surface area contributed by atoms with Crippen LogP contribution in [0.1, 0.15) is 88.5 Å². The Morgan fingerprint density at radius 3 is 2.00 bits per heavy atom. The Hall–Kier alpha value is -3.19. The van der Waals surface area contributed by atoms with E-state index in [-0.39, 0.29) is 34.7 Å². The molecule has 0 aromatic heterocycles. The summed E-state index contributed by atoms with van der Waals surface area (Å²) in [4.78, 5) is 12.5. The zero-order chi connectivity index (χ0) is 32.0. The second-order valence-corrected chi connectivity index (χ2v) is 14.0. The minimum atomic E-state index is -0.507. The number of hydrogen-bond acceptors (Lipinski definition) is 3. The van der Waals surface area contributed by atoms with E-state index in [9.17, 15) is 9.90 Å². The maximum Gasteiger partial charge on any atom is 0.167 e. The third-order valence-electron chi connectivity index (χ3n) is 9.10. The molecule has 0 amide bonds. The van der Waals surface area contributed by atoms with Crippen LogP contribution in [0.15, 0.2) is 106 Å². The molecule has 3 heteroatoms. The number of aliphatic hydroxyl groups excluding tert-OH is 1. The van der Waals surface area contributed by atoms with Gasteiger partial charge in [0.05, 0.1) is 12.0 Å². The summed E-state index contributed by atoms with van der Waals surface area (Å²) in [6.07, 6.45) is 26.6.